The number of hydrogen-bond acceptors (Lipinski definition) is 2. The predicted molar refractivity (Wildman–Crippen MR) is 119 cm³/mol. The maximum atomic E-state index is 12.9. The smallest absolute Gasteiger partial charge is 0.107 e. The molecule has 5 rings (SSSR count). The van der Waals surface area contributed by atoms with Crippen molar-refractivity contribution in [3.05, 3.63) is 71.4 Å². The number of benzene rings is 2. The van der Waals surface area contributed by atoms with Crippen LogP contribution in [0.5, 0.6) is 0 Å². The summed E-state index contributed by atoms with van der Waals surface area (Å²) < 4.78 is 21.2. The Morgan fingerprint density at radius 3 is 2.60 bits per heavy atom. The second-order valence-corrected chi connectivity index (χ2v) is 8.79. The molecule has 0 saturated carbocycles. The van der Waals surface area contributed by atoms with Gasteiger partial charge in [-0.25, -0.2) is 4.39 Å². The van der Waals surface area contributed by atoms with Crippen molar-refractivity contribution in [2.45, 2.75) is 50.9 Å². The third kappa shape index (κ3) is 3.67. The quantitative estimate of drug-likeness (QED) is 0.485. The summed E-state index contributed by atoms with van der Waals surface area (Å²) in [5.41, 5.74) is 5.27. The van der Waals surface area contributed by atoms with Crippen LogP contribution in [0, 0.1) is 0 Å². The number of alkyl halides is 1. The first-order valence-electron chi connectivity index (χ1n) is 11.4. The number of ether oxygens (including phenoxy) is 1. The Bertz CT molecular complexity index is 1000. The molecule has 0 aliphatic carbocycles. The van der Waals surface area contributed by atoms with Crippen LogP contribution in [-0.4, -0.2) is 35.8 Å². The number of likely N-dealkylation sites (tertiary alicyclic amines) is 1. The Morgan fingerprint density at radius 2 is 1.73 bits per heavy atom. The summed E-state index contributed by atoms with van der Waals surface area (Å²) in [5.74, 6) is 0. The molecule has 1 saturated heterocycles. The maximum absolute atomic E-state index is 12.9. The topological polar surface area (TPSA) is 17.4 Å². The molecule has 2 aromatic carbocycles. The molecule has 3 heterocycles. The van der Waals surface area contributed by atoms with Gasteiger partial charge in [-0.05, 0) is 61.4 Å². The van der Waals surface area contributed by atoms with Crippen LogP contribution < -0.4 is 0 Å². The zero-order chi connectivity index (χ0) is 20.4. The molecule has 3 aromatic rings. The highest BCUT2D eigenvalue weighted by molar-refractivity contribution is 5.84. The van der Waals surface area contributed by atoms with Crippen molar-refractivity contribution in [2.75, 3.05) is 26.3 Å². The summed E-state index contributed by atoms with van der Waals surface area (Å²) >= 11 is 0. The number of unbranched alkanes of at least 4 members (excludes halogenated alkanes) is 1. The number of para-hydroxylation sites is 1. The molecule has 4 heteroatoms. The Labute approximate surface area is 178 Å². The summed E-state index contributed by atoms with van der Waals surface area (Å²) in [7, 11) is 0. The van der Waals surface area contributed by atoms with Gasteiger partial charge in [0.25, 0.3) is 0 Å². The average Bonchev–Trinajstić information content (AvgIpc) is 3.32. The van der Waals surface area contributed by atoms with E-state index >= 15 is 0 Å². The number of fused-ring (bicyclic) bond motifs is 3. The summed E-state index contributed by atoms with van der Waals surface area (Å²) in [4.78, 5) is 2.60. The zero-order valence-corrected chi connectivity index (χ0v) is 17.7. The lowest BCUT2D eigenvalue weighted by Crippen LogP contribution is -2.42. The molecule has 0 N–H and O–H groups in total. The normalized spacial score (nSPS) is 18.3. The third-order valence-corrected chi connectivity index (χ3v) is 7.04. The number of aromatic nitrogens is 1. The van der Waals surface area contributed by atoms with Crippen molar-refractivity contribution in [1.29, 1.82) is 0 Å². The number of hydrogen-bond donors (Lipinski definition) is 0. The van der Waals surface area contributed by atoms with Crippen molar-refractivity contribution in [1.82, 2.24) is 9.47 Å². The van der Waals surface area contributed by atoms with Gasteiger partial charge in [0, 0.05) is 30.2 Å². The van der Waals surface area contributed by atoms with E-state index in [1.165, 1.54) is 34.9 Å². The summed E-state index contributed by atoms with van der Waals surface area (Å²) in [6, 6.07) is 17.1. The lowest BCUT2D eigenvalue weighted by atomic mass is 9.84. The summed E-state index contributed by atoms with van der Waals surface area (Å²) in [6.45, 7) is 4.28. The van der Waals surface area contributed by atoms with Gasteiger partial charge in [-0.2, -0.15) is 0 Å². The molecule has 3 nitrogen and oxygen atoms in total. The largest absolute Gasteiger partial charge is 0.365 e. The van der Waals surface area contributed by atoms with E-state index in [-0.39, 0.29) is 12.3 Å². The molecule has 2 aliphatic heterocycles. The van der Waals surface area contributed by atoms with E-state index in [0.717, 1.165) is 51.0 Å². The number of aryl methyl sites for hydroxylation is 2. The number of halogens is 1. The van der Waals surface area contributed by atoms with Crippen molar-refractivity contribution < 1.29 is 9.13 Å². The predicted octanol–water partition coefficient (Wildman–Crippen LogP) is 5.46. The van der Waals surface area contributed by atoms with E-state index in [1.807, 2.05) is 6.07 Å². The van der Waals surface area contributed by atoms with Gasteiger partial charge >= 0.3 is 0 Å². The van der Waals surface area contributed by atoms with E-state index in [1.54, 1.807) is 0 Å². The van der Waals surface area contributed by atoms with Crippen LogP contribution in [0.2, 0.25) is 0 Å². The fourth-order valence-corrected chi connectivity index (χ4v) is 5.38. The second-order valence-electron chi connectivity index (χ2n) is 8.79. The van der Waals surface area contributed by atoms with Gasteiger partial charge in [0.2, 0.25) is 0 Å². The molecule has 0 amide bonds. The lowest BCUT2D eigenvalue weighted by molar-refractivity contribution is -0.0788. The van der Waals surface area contributed by atoms with Gasteiger partial charge in [-0.3, -0.25) is 0 Å². The Morgan fingerprint density at radius 1 is 0.933 bits per heavy atom. The van der Waals surface area contributed by atoms with Gasteiger partial charge < -0.3 is 14.2 Å². The van der Waals surface area contributed by atoms with Gasteiger partial charge in [-0.15, -0.1) is 0 Å². The van der Waals surface area contributed by atoms with E-state index in [2.05, 4.69) is 58.1 Å². The van der Waals surface area contributed by atoms with Crippen LogP contribution in [0.15, 0.2) is 54.7 Å². The highest BCUT2D eigenvalue weighted by Gasteiger charge is 2.42. The summed E-state index contributed by atoms with van der Waals surface area (Å²) in [5, 5.41) is 1.28. The molecule has 30 heavy (non-hydrogen) atoms. The molecule has 1 aromatic heterocycles. The lowest BCUT2D eigenvalue weighted by Gasteiger charge is -2.39. The minimum Gasteiger partial charge on any atom is -0.365 e. The highest BCUT2D eigenvalue weighted by atomic mass is 19.1. The van der Waals surface area contributed by atoms with E-state index in [9.17, 15) is 4.39 Å². The SMILES string of the molecule is FCCn1cc(CCCCN2CCC3(CC2)OCc2ccccc23)c2ccccc21. The second kappa shape index (κ2) is 8.52. The van der Waals surface area contributed by atoms with Crippen LogP contribution in [-0.2, 0) is 29.9 Å². The van der Waals surface area contributed by atoms with Crippen LogP contribution in [0.1, 0.15) is 42.4 Å². The number of rotatable bonds is 7. The van der Waals surface area contributed by atoms with Gasteiger partial charge in [0.05, 0.1) is 18.8 Å². The van der Waals surface area contributed by atoms with Crippen LogP contribution in [0.4, 0.5) is 4.39 Å². The first kappa shape index (κ1) is 19.8. The van der Waals surface area contributed by atoms with Crippen molar-refractivity contribution in [3.63, 3.8) is 0 Å². The van der Waals surface area contributed by atoms with Gasteiger partial charge in [0.15, 0.2) is 0 Å². The van der Waals surface area contributed by atoms with Crippen molar-refractivity contribution in [3.8, 4) is 0 Å². The van der Waals surface area contributed by atoms with Crippen molar-refractivity contribution >= 4 is 10.9 Å². The molecule has 158 valence electrons. The maximum Gasteiger partial charge on any atom is 0.107 e. The van der Waals surface area contributed by atoms with Crippen LogP contribution in [0.3, 0.4) is 0 Å². The van der Waals surface area contributed by atoms with Crippen molar-refractivity contribution in [2.24, 2.45) is 0 Å². The molecule has 2 aliphatic rings. The fraction of sp³-hybridized carbons (Fsp3) is 0.462. The Balaban J connectivity index is 1.13. The monoisotopic (exact) mass is 406 g/mol. The van der Waals surface area contributed by atoms with Crippen LogP contribution >= 0.6 is 0 Å². The highest BCUT2D eigenvalue weighted by Crippen LogP contribution is 2.43. The zero-order valence-electron chi connectivity index (χ0n) is 17.7. The number of piperidine rings is 1. The molecule has 0 radical (unpaired) electrons. The van der Waals surface area contributed by atoms with Gasteiger partial charge in [-0.1, -0.05) is 42.5 Å². The molecule has 1 spiro atoms. The minimum absolute atomic E-state index is 0.0364. The molecular formula is C26H31FN2O. The molecule has 0 unspecified atom stereocenters. The average molecular weight is 407 g/mol. The Hall–Kier alpha value is -2.17. The molecule has 0 bridgehead atoms. The molecule has 0 atom stereocenters. The van der Waals surface area contributed by atoms with E-state index in [0.29, 0.717) is 6.54 Å². The van der Waals surface area contributed by atoms with Gasteiger partial charge in [0.1, 0.15) is 6.67 Å². The Kier molecular flexibility index (Phi) is 5.62. The standard InChI is InChI=1S/C26H31FN2O/c27-14-18-29-19-21(23-9-2-4-11-25(23)29)7-5-6-15-28-16-12-26(13-17-28)24-10-3-1-8-22(24)20-30-26/h1-4,8-11,19H,5-7,12-18,20H2. The first-order valence-corrected chi connectivity index (χ1v) is 11.4. The summed E-state index contributed by atoms with van der Waals surface area (Å²) in [6.07, 6.45) is 7.79. The molecule has 1 fully saturated rings. The fourth-order valence-electron chi connectivity index (χ4n) is 5.38. The minimum atomic E-state index is -0.317. The van der Waals surface area contributed by atoms with E-state index in [4.69, 9.17) is 4.74 Å². The molecular weight excluding hydrogens is 375 g/mol. The number of nitrogens with zero attached hydrogens (tertiary/aromatic N) is 2. The third-order valence-electron chi connectivity index (χ3n) is 7.04. The first-order chi connectivity index (χ1) is 14.8. The van der Waals surface area contributed by atoms with Crippen LogP contribution in [0.25, 0.3) is 10.9 Å². The van der Waals surface area contributed by atoms with E-state index < -0.39 is 0 Å².